The number of hydrogen-bond acceptors (Lipinski definition) is 2. The van der Waals surface area contributed by atoms with Gasteiger partial charge in [0, 0.05) is 11.6 Å². The maximum Gasteiger partial charge on any atom is 0.0702 e. The zero-order valence-electron chi connectivity index (χ0n) is 7.77. The number of hydrogen-bond donors (Lipinski definition) is 1. The van der Waals surface area contributed by atoms with Crippen LogP contribution in [0.2, 0.25) is 0 Å². The van der Waals surface area contributed by atoms with Gasteiger partial charge in [0.2, 0.25) is 0 Å². The summed E-state index contributed by atoms with van der Waals surface area (Å²) in [5.41, 5.74) is 2.83. The lowest BCUT2D eigenvalue weighted by atomic mass is 10.1. The van der Waals surface area contributed by atoms with Crippen molar-refractivity contribution in [2.75, 3.05) is 0 Å². The fourth-order valence-electron chi connectivity index (χ4n) is 1.41. The summed E-state index contributed by atoms with van der Waals surface area (Å²) in [6, 6.07) is 7.74. The number of benzene rings is 1. The summed E-state index contributed by atoms with van der Waals surface area (Å²) in [4.78, 5) is 4.27. The van der Waals surface area contributed by atoms with Crippen LogP contribution in [0.3, 0.4) is 0 Å². The minimum atomic E-state index is 0.0637. The van der Waals surface area contributed by atoms with E-state index in [1.54, 1.807) is 12.3 Å². The summed E-state index contributed by atoms with van der Waals surface area (Å²) >= 11 is 0. The molecule has 2 nitrogen and oxygen atoms in total. The molecular formula is C12H11NO. The van der Waals surface area contributed by atoms with Crippen molar-refractivity contribution in [1.29, 1.82) is 0 Å². The van der Waals surface area contributed by atoms with Crippen molar-refractivity contribution in [3.8, 4) is 0 Å². The predicted octanol–water partition coefficient (Wildman–Crippen LogP) is 2.37. The summed E-state index contributed by atoms with van der Waals surface area (Å²) in [5, 5.41) is 10.0. The Bertz CT molecular complexity index is 477. The molecule has 0 aliphatic heterocycles. The summed E-state index contributed by atoms with van der Waals surface area (Å²) < 4.78 is 0. The van der Waals surface area contributed by atoms with Crippen LogP contribution in [0, 0.1) is 0 Å². The topological polar surface area (TPSA) is 33.1 Å². The van der Waals surface area contributed by atoms with Gasteiger partial charge in [0.1, 0.15) is 0 Å². The van der Waals surface area contributed by atoms with E-state index < -0.39 is 0 Å². The lowest BCUT2D eigenvalue weighted by molar-refractivity contribution is 0.282. The number of aromatic nitrogens is 1. The quantitative estimate of drug-likeness (QED) is 0.779. The molecule has 70 valence electrons. The smallest absolute Gasteiger partial charge is 0.0702 e. The first-order valence-corrected chi connectivity index (χ1v) is 4.45. The number of aliphatic hydroxyl groups is 1. The van der Waals surface area contributed by atoms with Gasteiger partial charge in [-0.15, -0.1) is 0 Å². The maximum atomic E-state index is 8.98. The molecule has 0 radical (unpaired) electrons. The average Bonchev–Trinajstić information content (AvgIpc) is 2.27. The normalized spacial score (nSPS) is 10.4. The van der Waals surface area contributed by atoms with E-state index in [9.17, 15) is 0 Å². The standard InChI is InChI=1S/C12H11NO/c1-2-9-5-11-6-10(8-14)3-4-12(11)13-7-9/h2-7,14H,1,8H2. The van der Waals surface area contributed by atoms with Crippen molar-refractivity contribution < 1.29 is 5.11 Å². The number of rotatable bonds is 2. The van der Waals surface area contributed by atoms with Gasteiger partial charge in [-0.05, 0) is 29.3 Å². The minimum Gasteiger partial charge on any atom is -0.392 e. The van der Waals surface area contributed by atoms with Crippen molar-refractivity contribution in [1.82, 2.24) is 4.98 Å². The lowest BCUT2D eigenvalue weighted by Gasteiger charge is -2.01. The summed E-state index contributed by atoms with van der Waals surface area (Å²) in [7, 11) is 0. The molecule has 0 bridgehead atoms. The van der Waals surface area contributed by atoms with Crippen molar-refractivity contribution in [2.45, 2.75) is 6.61 Å². The molecule has 0 saturated carbocycles. The molecule has 1 N–H and O–H groups in total. The van der Waals surface area contributed by atoms with Crippen molar-refractivity contribution in [2.24, 2.45) is 0 Å². The van der Waals surface area contributed by atoms with Crippen molar-refractivity contribution >= 4 is 17.0 Å². The second-order valence-electron chi connectivity index (χ2n) is 3.16. The van der Waals surface area contributed by atoms with Crippen LogP contribution in [0.1, 0.15) is 11.1 Å². The molecule has 1 heterocycles. The van der Waals surface area contributed by atoms with Crippen LogP contribution in [0.4, 0.5) is 0 Å². The van der Waals surface area contributed by atoms with Crippen LogP contribution in [0.25, 0.3) is 17.0 Å². The van der Waals surface area contributed by atoms with Gasteiger partial charge in [-0.3, -0.25) is 4.98 Å². The van der Waals surface area contributed by atoms with Gasteiger partial charge in [0.15, 0.2) is 0 Å². The Labute approximate surface area is 82.5 Å². The molecule has 2 rings (SSSR count). The highest BCUT2D eigenvalue weighted by molar-refractivity contribution is 5.81. The van der Waals surface area contributed by atoms with Crippen LogP contribution in [0.5, 0.6) is 0 Å². The molecule has 0 saturated heterocycles. The maximum absolute atomic E-state index is 8.98. The van der Waals surface area contributed by atoms with E-state index in [0.29, 0.717) is 0 Å². The third-order valence-electron chi connectivity index (χ3n) is 2.19. The second-order valence-corrected chi connectivity index (χ2v) is 3.16. The first-order valence-electron chi connectivity index (χ1n) is 4.45. The van der Waals surface area contributed by atoms with Crippen LogP contribution in [-0.2, 0) is 6.61 Å². The summed E-state index contributed by atoms with van der Waals surface area (Å²) in [5.74, 6) is 0. The highest BCUT2D eigenvalue weighted by atomic mass is 16.3. The number of nitrogens with zero attached hydrogens (tertiary/aromatic N) is 1. The number of aliphatic hydroxyl groups excluding tert-OH is 1. The molecule has 0 atom stereocenters. The fourth-order valence-corrected chi connectivity index (χ4v) is 1.41. The molecule has 1 aromatic heterocycles. The molecule has 0 unspecified atom stereocenters. The highest BCUT2D eigenvalue weighted by Crippen LogP contribution is 2.15. The molecule has 0 aliphatic rings. The Kier molecular flexibility index (Phi) is 2.29. The molecule has 14 heavy (non-hydrogen) atoms. The zero-order chi connectivity index (χ0) is 9.97. The Hall–Kier alpha value is -1.67. The molecule has 0 spiro atoms. The van der Waals surface area contributed by atoms with Gasteiger partial charge in [0.05, 0.1) is 12.1 Å². The van der Waals surface area contributed by atoms with Crippen LogP contribution < -0.4 is 0 Å². The Balaban J connectivity index is 2.65. The van der Waals surface area contributed by atoms with Crippen LogP contribution in [0.15, 0.2) is 37.0 Å². The van der Waals surface area contributed by atoms with E-state index in [4.69, 9.17) is 5.11 Å². The third kappa shape index (κ3) is 1.52. The zero-order valence-corrected chi connectivity index (χ0v) is 7.77. The molecule has 0 amide bonds. The van der Waals surface area contributed by atoms with Gasteiger partial charge in [0.25, 0.3) is 0 Å². The van der Waals surface area contributed by atoms with Crippen LogP contribution in [-0.4, -0.2) is 10.1 Å². The fraction of sp³-hybridized carbons (Fsp3) is 0.0833. The van der Waals surface area contributed by atoms with Gasteiger partial charge >= 0.3 is 0 Å². The SMILES string of the molecule is C=Cc1cnc2ccc(CO)cc2c1. The first-order chi connectivity index (χ1) is 6.83. The second kappa shape index (κ2) is 3.60. The summed E-state index contributed by atoms with van der Waals surface area (Å²) in [6.07, 6.45) is 3.55. The average molecular weight is 185 g/mol. The lowest BCUT2D eigenvalue weighted by Crippen LogP contribution is -1.85. The first kappa shape index (κ1) is 8.91. The molecule has 2 aromatic rings. The van der Waals surface area contributed by atoms with Gasteiger partial charge in [-0.25, -0.2) is 0 Å². The molecule has 1 aromatic carbocycles. The Morgan fingerprint density at radius 2 is 2.21 bits per heavy atom. The third-order valence-corrected chi connectivity index (χ3v) is 2.19. The van der Waals surface area contributed by atoms with Crippen LogP contribution >= 0.6 is 0 Å². The summed E-state index contributed by atoms with van der Waals surface area (Å²) in [6.45, 7) is 3.75. The number of fused-ring (bicyclic) bond motifs is 1. The highest BCUT2D eigenvalue weighted by Gasteiger charge is 1.97. The van der Waals surface area contributed by atoms with E-state index in [-0.39, 0.29) is 6.61 Å². The van der Waals surface area contributed by atoms with E-state index in [1.807, 2.05) is 24.3 Å². The molecule has 2 heteroatoms. The predicted molar refractivity (Wildman–Crippen MR) is 57.8 cm³/mol. The van der Waals surface area contributed by atoms with E-state index >= 15 is 0 Å². The van der Waals surface area contributed by atoms with Gasteiger partial charge in [-0.1, -0.05) is 18.7 Å². The van der Waals surface area contributed by atoms with E-state index in [0.717, 1.165) is 22.0 Å². The monoisotopic (exact) mass is 185 g/mol. The Morgan fingerprint density at radius 1 is 1.36 bits per heavy atom. The molecular weight excluding hydrogens is 174 g/mol. The Morgan fingerprint density at radius 3 is 2.93 bits per heavy atom. The molecule has 0 fully saturated rings. The van der Waals surface area contributed by atoms with Gasteiger partial charge in [-0.2, -0.15) is 0 Å². The van der Waals surface area contributed by atoms with E-state index in [2.05, 4.69) is 11.6 Å². The largest absolute Gasteiger partial charge is 0.392 e. The van der Waals surface area contributed by atoms with Crippen molar-refractivity contribution in [3.63, 3.8) is 0 Å². The van der Waals surface area contributed by atoms with Crippen molar-refractivity contribution in [3.05, 3.63) is 48.2 Å². The van der Waals surface area contributed by atoms with E-state index in [1.165, 1.54) is 0 Å². The minimum absolute atomic E-state index is 0.0637. The number of pyridine rings is 1. The molecule has 0 aliphatic carbocycles. The van der Waals surface area contributed by atoms with Gasteiger partial charge < -0.3 is 5.11 Å².